The van der Waals surface area contributed by atoms with Gasteiger partial charge in [-0.25, -0.2) is 0 Å². The molecule has 7 nitrogen and oxygen atoms in total. The zero-order valence-electron chi connectivity index (χ0n) is 11.9. The molecule has 2 aliphatic rings. The van der Waals surface area contributed by atoms with Crippen LogP contribution in [0.1, 0.15) is 26.2 Å². The molecule has 0 aromatic heterocycles. The second-order valence-electron chi connectivity index (χ2n) is 5.78. The van der Waals surface area contributed by atoms with E-state index >= 15 is 0 Å². The number of piperidine rings is 1. The van der Waals surface area contributed by atoms with Crippen molar-refractivity contribution in [2.45, 2.75) is 31.8 Å². The molecule has 1 unspecified atom stereocenters. The van der Waals surface area contributed by atoms with Crippen molar-refractivity contribution in [1.29, 1.82) is 0 Å². The van der Waals surface area contributed by atoms with Crippen molar-refractivity contribution in [3.05, 3.63) is 0 Å². The van der Waals surface area contributed by atoms with E-state index in [-0.39, 0.29) is 18.4 Å². The van der Waals surface area contributed by atoms with E-state index in [2.05, 4.69) is 4.74 Å². The fourth-order valence-corrected chi connectivity index (χ4v) is 4.51. The number of nitrogens with zero attached hydrogens (tertiary/aromatic N) is 2. The summed E-state index contributed by atoms with van der Waals surface area (Å²) in [5.41, 5.74) is -0.947. The molecule has 2 heterocycles. The number of methoxy groups -OCH3 is 1. The van der Waals surface area contributed by atoms with Gasteiger partial charge in [0.05, 0.1) is 18.6 Å². The number of carbonyl (C=O) groups is 1. The molecule has 0 aliphatic carbocycles. The van der Waals surface area contributed by atoms with Crippen molar-refractivity contribution >= 4 is 16.2 Å². The summed E-state index contributed by atoms with van der Waals surface area (Å²) in [7, 11) is -2.19. The fraction of sp³-hybridized carbons (Fsp3) is 0.917. The highest BCUT2D eigenvalue weighted by Crippen LogP contribution is 2.27. The molecule has 0 bridgehead atoms. The van der Waals surface area contributed by atoms with Gasteiger partial charge >= 0.3 is 5.97 Å². The Morgan fingerprint density at radius 3 is 2.30 bits per heavy atom. The van der Waals surface area contributed by atoms with Crippen LogP contribution in [0.3, 0.4) is 0 Å². The molecular formula is C12H22N2O5S. The maximum Gasteiger partial charge on any atom is 0.308 e. The quantitative estimate of drug-likeness (QED) is 0.715. The summed E-state index contributed by atoms with van der Waals surface area (Å²) in [5, 5.41) is 9.89. The molecular weight excluding hydrogens is 284 g/mol. The van der Waals surface area contributed by atoms with Gasteiger partial charge in [0.2, 0.25) is 0 Å². The summed E-state index contributed by atoms with van der Waals surface area (Å²) >= 11 is 0. The van der Waals surface area contributed by atoms with E-state index in [0.717, 1.165) is 0 Å². The predicted molar refractivity (Wildman–Crippen MR) is 72.0 cm³/mol. The number of hydrogen-bond donors (Lipinski definition) is 1. The maximum absolute atomic E-state index is 12.4. The Morgan fingerprint density at radius 1 is 1.25 bits per heavy atom. The number of hydrogen-bond acceptors (Lipinski definition) is 5. The average Bonchev–Trinajstić information content (AvgIpc) is 2.79. The van der Waals surface area contributed by atoms with Gasteiger partial charge in [0, 0.05) is 26.2 Å². The molecule has 116 valence electrons. The second-order valence-corrected chi connectivity index (χ2v) is 7.71. The first-order chi connectivity index (χ1) is 9.26. The Bertz CT molecular complexity index is 468. The molecule has 0 amide bonds. The number of ether oxygens (including phenoxy) is 1. The van der Waals surface area contributed by atoms with Gasteiger partial charge < -0.3 is 9.84 Å². The Kier molecular flexibility index (Phi) is 4.38. The average molecular weight is 306 g/mol. The van der Waals surface area contributed by atoms with Crippen LogP contribution in [0.4, 0.5) is 0 Å². The van der Waals surface area contributed by atoms with Crippen molar-refractivity contribution in [1.82, 2.24) is 8.61 Å². The second kappa shape index (κ2) is 5.59. The van der Waals surface area contributed by atoms with Crippen LogP contribution in [0.5, 0.6) is 0 Å². The van der Waals surface area contributed by atoms with Crippen LogP contribution < -0.4 is 0 Å². The lowest BCUT2D eigenvalue weighted by Gasteiger charge is -2.32. The van der Waals surface area contributed by atoms with Crippen LogP contribution in [0.2, 0.25) is 0 Å². The highest BCUT2D eigenvalue weighted by atomic mass is 32.2. The first kappa shape index (κ1) is 15.7. The van der Waals surface area contributed by atoms with Gasteiger partial charge in [-0.3, -0.25) is 4.79 Å². The van der Waals surface area contributed by atoms with Gasteiger partial charge in [-0.05, 0) is 26.2 Å². The van der Waals surface area contributed by atoms with Crippen LogP contribution in [-0.4, -0.2) is 67.0 Å². The van der Waals surface area contributed by atoms with Gasteiger partial charge in [-0.1, -0.05) is 0 Å². The zero-order chi connectivity index (χ0) is 15.0. The standard InChI is InChI=1S/C12H22N2O5S/c1-12(16)5-8-14(9-12)20(17,18)13-6-3-10(4-7-13)11(15)19-2/h10,16H,3-9H2,1-2H3. The number of β-amino-alcohol motifs (C(OH)–C–C–N with tert-alkyl or cyclic N) is 1. The van der Waals surface area contributed by atoms with E-state index in [1.165, 1.54) is 15.7 Å². The number of carbonyl (C=O) groups excluding carboxylic acids is 1. The third-order valence-corrected chi connectivity index (χ3v) is 6.04. The van der Waals surface area contributed by atoms with Gasteiger partial charge in [0.1, 0.15) is 0 Å². The third-order valence-electron chi connectivity index (χ3n) is 4.06. The summed E-state index contributed by atoms with van der Waals surface area (Å²) in [4.78, 5) is 11.4. The molecule has 2 rings (SSSR count). The van der Waals surface area contributed by atoms with E-state index in [4.69, 9.17) is 0 Å². The van der Waals surface area contributed by atoms with Gasteiger partial charge in [0.15, 0.2) is 0 Å². The number of aliphatic hydroxyl groups is 1. The summed E-state index contributed by atoms with van der Waals surface area (Å²) in [6, 6.07) is 0. The van der Waals surface area contributed by atoms with E-state index in [9.17, 15) is 18.3 Å². The van der Waals surface area contributed by atoms with Crippen LogP contribution >= 0.6 is 0 Å². The SMILES string of the molecule is COC(=O)C1CCN(S(=O)(=O)N2CCC(C)(O)C2)CC1. The summed E-state index contributed by atoms with van der Waals surface area (Å²) < 4.78 is 32.3. The van der Waals surface area contributed by atoms with E-state index < -0.39 is 15.8 Å². The van der Waals surface area contributed by atoms with Crippen molar-refractivity contribution in [2.75, 3.05) is 33.3 Å². The van der Waals surface area contributed by atoms with Crippen LogP contribution in [0.15, 0.2) is 0 Å². The van der Waals surface area contributed by atoms with Gasteiger partial charge in [-0.15, -0.1) is 0 Å². The molecule has 0 spiro atoms. The molecule has 0 aromatic carbocycles. The molecule has 1 atom stereocenters. The largest absolute Gasteiger partial charge is 0.469 e. The zero-order valence-corrected chi connectivity index (χ0v) is 12.7. The monoisotopic (exact) mass is 306 g/mol. The van der Waals surface area contributed by atoms with Gasteiger partial charge in [0.25, 0.3) is 10.2 Å². The summed E-state index contributed by atoms with van der Waals surface area (Å²) in [6.45, 7) is 2.76. The Hall–Kier alpha value is -0.700. The summed E-state index contributed by atoms with van der Waals surface area (Å²) in [5.74, 6) is -0.487. The lowest BCUT2D eigenvalue weighted by Crippen LogP contribution is -2.48. The summed E-state index contributed by atoms with van der Waals surface area (Å²) in [6.07, 6.45) is 1.41. The van der Waals surface area contributed by atoms with Crippen LogP contribution in [0.25, 0.3) is 0 Å². The minimum absolute atomic E-state index is 0.131. The van der Waals surface area contributed by atoms with Gasteiger partial charge in [-0.2, -0.15) is 17.0 Å². The molecule has 1 N–H and O–H groups in total. The lowest BCUT2D eigenvalue weighted by atomic mass is 9.99. The van der Waals surface area contributed by atoms with Crippen LogP contribution in [-0.2, 0) is 19.7 Å². The van der Waals surface area contributed by atoms with E-state index in [1.54, 1.807) is 6.92 Å². The topological polar surface area (TPSA) is 87.2 Å². The Balaban J connectivity index is 1.98. The molecule has 0 saturated carbocycles. The van der Waals surface area contributed by atoms with Crippen molar-refractivity contribution in [3.8, 4) is 0 Å². The Labute approximate surface area is 119 Å². The number of esters is 1. The highest BCUT2D eigenvalue weighted by Gasteiger charge is 2.41. The minimum Gasteiger partial charge on any atom is -0.469 e. The maximum atomic E-state index is 12.4. The first-order valence-electron chi connectivity index (χ1n) is 6.82. The van der Waals surface area contributed by atoms with E-state index in [1.807, 2.05) is 0 Å². The minimum atomic E-state index is -3.53. The molecule has 2 aliphatic heterocycles. The first-order valence-corrected chi connectivity index (χ1v) is 8.21. The predicted octanol–water partition coefficient (Wildman–Crippen LogP) is -0.427. The number of rotatable bonds is 3. The van der Waals surface area contributed by atoms with Crippen molar-refractivity contribution in [2.24, 2.45) is 5.92 Å². The third kappa shape index (κ3) is 3.13. The molecule has 2 fully saturated rings. The van der Waals surface area contributed by atoms with E-state index in [0.29, 0.717) is 38.9 Å². The molecule has 0 aromatic rings. The highest BCUT2D eigenvalue weighted by molar-refractivity contribution is 7.86. The lowest BCUT2D eigenvalue weighted by molar-refractivity contribution is -0.146. The Morgan fingerprint density at radius 2 is 1.85 bits per heavy atom. The molecule has 8 heteroatoms. The normalized spacial score (nSPS) is 30.6. The molecule has 2 saturated heterocycles. The molecule has 0 radical (unpaired) electrons. The molecule has 20 heavy (non-hydrogen) atoms. The van der Waals surface area contributed by atoms with Crippen molar-refractivity contribution in [3.63, 3.8) is 0 Å². The fourth-order valence-electron chi connectivity index (χ4n) is 2.75. The smallest absolute Gasteiger partial charge is 0.308 e. The van der Waals surface area contributed by atoms with Crippen molar-refractivity contribution < 1.29 is 23.1 Å². The van der Waals surface area contributed by atoms with Crippen LogP contribution in [0, 0.1) is 5.92 Å².